The van der Waals surface area contributed by atoms with E-state index in [9.17, 15) is 5.11 Å². The van der Waals surface area contributed by atoms with Crippen molar-refractivity contribution in [1.29, 1.82) is 0 Å². The Hall–Kier alpha value is -1.44. The average Bonchev–Trinajstić information content (AvgIpc) is 2.32. The zero-order valence-corrected chi connectivity index (χ0v) is 6.24. The lowest BCUT2D eigenvalue weighted by molar-refractivity contribution is 0.355. The summed E-state index contributed by atoms with van der Waals surface area (Å²) in [5.74, 6) is 0.0729. The van der Waals surface area contributed by atoms with Crippen molar-refractivity contribution < 1.29 is 5.11 Å². The quantitative estimate of drug-likeness (QED) is 0.545. The molecule has 11 heavy (non-hydrogen) atoms. The molecule has 2 aromatic rings. The van der Waals surface area contributed by atoms with Crippen LogP contribution in [0.2, 0.25) is 0 Å². The summed E-state index contributed by atoms with van der Waals surface area (Å²) < 4.78 is 1.99. The summed E-state index contributed by atoms with van der Waals surface area (Å²) in [5, 5.41) is 11.9. The Morgan fingerprint density at radius 2 is 2.09 bits per heavy atom. The Balaban J connectivity index is 2.86. The molecule has 1 aromatic heterocycles. The maximum absolute atomic E-state index is 10.9. The molecule has 1 radical (unpaired) electrons. The van der Waals surface area contributed by atoms with Crippen LogP contribution in [0.3, 0.4) is 0 Å². The molecule has 0 aliphatic carbocycles. The van der Waals surface area contributed by atoms with E-state index in [1.807, 2.05) is 29.9 Å². The monoisotopic (exact) mass is 146 g/mol. The van der Waals surface area contributed by atoms with Crippen LogP contribution >= 0.6 is 0 Å². The zero-order valence-electron chi connectivity index (χ0n) is 6.24. The van der Waals surface area contributed by atoms with E-state index >= 15 is 0 Å². The molecule has 0 N–H and O–H groups in total. The first-order valence-corrected chi connectivity index (χ1v) is 3.49. The van der Waals surface area contributed by atoms with Crippen LogP contribution in [-0.2, 0) is 12.2 Å². The van der Waals surface area contributed by atoms with Crippen LogP contribution in [0.1, 0.15) is 0 Å². The van der Waals surface area contributed by atoms with Gasteiger partial charge < -0.3 is 4.57 Å². The molecule has 2 heteroatoms. The fourth-order valence-corrected chi connectivity index (χ4v) is 1.26. The van der Waals surface area contributed by atoms with Crippen molar-refractivity contribution in [1.82, 2.24) is 4.57 Å². The average molecular weight is 146 g/mol. The lowest BCUT2D eigenvalue weighted by atomic mass is 10.2. The number of fused-ring (bicyclic) bond motifs is 1. The predicted octanol–water partition coefficient (Wildman–Crippen LogP) is 2.32. The van der Waals surface area contributed by atoms with Crippen LogP contribution in [0.25, 0.3) is 10.9 Å². The number of hydrogen-bond acceptors (Lipinski definition) is 0. The second-order valence-corrected chi connectivity index (χ2v) is 2.65. The molecule has 1 aromatic carbocycles. The molecule has 0 spiro atoms. The minimum absolute atomic E-state index is 0.0729. The molecule has 0 atom stereocenters. The van der Waals surface area contributed by atoms with Crippen molar-refractivity contribution in [2.24, 2.45) is 7.05 Å². The lowest BCUT2D eigenvalue weighted by Crippen LogP contribution is -1.81. The molecule has 0 aliphatic heterocycles. The van der Waals surface area contributed by atoms with E-state index in [-0.39, 0.29) is 5.75 Å². The highest BCUT2D eigenvalue weighted by Gasteiger charge is 1.97. The van der Waals surface area contributed by atoms with Gasteiger partial charge in [-0.05, 0) is 24.3 Å². The summed E-state index contributed by atoms with van der Waals surface area (Å²) in [6, 6.07) is 7.02. The molecular weight excluding hydrogens is 138 g/mol. The molecule has 0 amide bonds. The van der Waals surface area contributed by atoms with Crippen LogP contribution in [0, 0.1) is 0 Å². The number of benzene rings is 1. The molecule has 2 rings (SSSR count). The van der Waals surface area contributed by atoms with Crippen LogP contribution in [0.5, 0.6) is 5.75 Å². The second-order valence-electron chi connectivity index (χ2n) is 2.65. The van der Waals surface area contributed by atoms with Gasteiger partial charge in [0.25, 0.3) is 0 Å². The van der Waals surface area contributed by atoms with E-state index < -0.39 is 0 Å². The normalized spacial score (nSPS) is 10.6. The van der Waals surface area contributed by atoms with Crippen molar-refractivity contribution in [2.75, 3.05) is 0 Å². The number of nitrogens with zero attached hydrogens (tertiary/aromatic N) is 1. The maximum Gasteiger partial charge on any atom is 0.179 e. The zero-order chi connectivity index (χ0) is 7.84. The third kappa shape index (κ3) is 0.871. The highest BCUT2D eigenvalue weighted by atomic mass is 16.3. The SMILES string of the molecule is Cn1ccc2cc([O])ccc21. The first kappa shape index (κ1) is 6.28. The molecule has 0 fully saturated rings. The topological polar surface area (TPSA) is 24.8 Å². The highest BCUT2D eigenvalue weighted by Crippen LogP contribution is 2.20. The van der Waals surface area contributed by atoms with Gasteiger partial charge in [-0.3, -0.25) is 5.11 Å². The van der Waals surface area contributed by atoms with Crippen LogP contribution in [0.4, 0.5) is 0 Å². The van der Waals surface area contributed by atoms with Crippen LogP contribution in [-0.4, -0.2) is 4.57 Å². The van der Waals surface area contributed by atoms with E-state index in [4.69, 9.17) is 0 Å². The summed E-state index contributed by atoms with van der Waals surface area (Å²) in [4.78, 5) is 0. The molecule has 0 bridgehead atoms. The largest absolute Gasteiger partial charge is 0.351 e. The van der Waals surface area contributed by atoms with E-state index in [1.54, 1.807) is 12.1 Å². The van der Waals surface area contributed by atoms with Gasteiger partial charge in [0.15, 0.2) is 5.75 Å². The van der Waals surface area contributed by atoms with E-state index in [0.717, 1.165) is 10.9 Å². The fourth-order valence-electron chi connectivity index (χ4n) is 1.26. The Kier molecular flexibility index (Phi) is 1.15. The predicted molar refractivity (Wildman–Crippen MR) is 43.1 cm³/mol. The van der Waals surface area contributed by atoms with Gasteiger partial charge in [0.1, 0.15) is 0 Å². The first-order valence-electron chi connectivity index (χ1n) is 3.49. The van der Waals surface area contributed by atoms with Gasteiger partial charge in [0, 0.05) is 24.1 Å². The maximum atomic E-state index is 10.9. The van der Waals surface area contributed by atoms with Gasteiger partial charge in [-0.2, -0.15) is 0 Å². The number of aryl methyl sites for hydroxylation is 1. The lowest BCUT2D eigenvalue weighted by Gasteiger charge is -1.93. The van der Waals surface area contributed by atoms with Crippen molar-refractivity contribution in [2.45, 2.75) is 0 Å². The van der Waals surface area contributed by atoms with Crippen LogP contribution < -0.4 is 0 Å². The molecule has 0 aliphatic rings. The molecule has 0 saturated carbocycles. The van der Waals surface area contributed by atoms with Gasteiger partial charge in [0.05, 0.1) is 0 Å². The van der Waals surface area contributed by atoms with Crippen molar-refractivity contribution in [3.05, 3.63) is 30.5 Å². The van der Waals surface area contributed by atoms with Crippen molar-refractivity contribution in [3.63, 3.8) is 0 Å². The molecule has 55 valence electrons. The third-order valence-corrected chi connectivity index (χ3v) is 1.86. The summed E-state index contributed by atoms with van der Waals surface area (Å²) in [6.45, 7) is 0. The minimum Gasteiger partial charge on any atom is -0.351 e. The van der Waals surface area contributed by atoms with Gasteiger partial charge in [-0.25, -0.2) is 0 Å². The Bertz CT molecular complexity index is 389. The van der Waals surface area contributed by atoms with E-state index in [2.05, 4.69) is 0 Å². The Labute approximate surface area is 64.7 Å². The molecule has 2 nitrogen and oxygen atoms in total. The second kappa shape index (κ2) is 2.02. The van der Waals surface area contributed by atoms with Gasteiger partial charge in [0.2, 0.25) is 0 Å². The number of hydrogen-bond donors (Lipinski definition) is 0. The fraction of sp³-hybridized carbons (Fsp3) is 0.111. The number of rotatable bonds is 0. The Morgan fingerprint density at radius 3 is 2.91 bits per heavy atom. The Morgan fingerprint density at radius 1 is 1.27 bits per heavy atom. The molecule has 1 heterocycles. The van der Waals surface area contributed by atoms with Gasteiger partial charge in [-0.15, -0.1) is 0 Å². The minimum atomic E-state index is 0.0729. The standard InChI is InChI=1S/C9H8NO/c1-10-5-4-7-6-8(11)2-3-9(7)10/h2-6H,1H3. The summed E-state index contributed by atoms with van der Waals surface area (Å²) >= 11 is 0. The summed E-state index contributed by atoms with van der Waals surface area (Å²) in [7, 11) is 1.97. The highest BCUT2D eigenvalue weighted by molar-refractivity contribution is 5.81. The van der Waals surface area contributed by atoms with E-state index in [1.165, 1.54) is 0 Å². The van der Waals surface area contributed by atoms with Crippen molar-refractivity contribution in [3.8, 4) is 5.75 Å². The molecular formula is C9H8NO. The first-order chi connectivity index (χ1) is 5.27. The third-order valence-electron chi connectivity index (χ3n) is 1.86. The summed E-state index contributed by atoms with van der Waals surface area (Å²) in [6.07, 6.45) is 1.95. The van der Waals surface area contributed by atoms with E-state index in [0.29, 0.717) is 0 Å². The van der Waals surface area contributed by atoms with Crippen LogP contribution in [0.15, 0.2) is 30.5 Å². The van der Waals surface area contributed by atoms with Gasteiger partial charge in [-0.1, -0.05) is 0 Å². The molecule has 0 unspecified atom stereocenters. The smallest absolute Gasteiger partial charge is 0.179 e. The number of aromatic nitrogens is 1. The molecule has 0 saturated heterocycles. The van der Waals surface area contributed by atoms with Gasteiger partial charge >= 0.3 is 0 Å². The van der Waals surface area contributed by atoms with Crippen molar-refractivity contribution >= 4 is 10.9 Å². The summed E-state index contributed by atoms with van der Waals surface area (Å²) in [5.41, 5.74) is 1.10.